The van der Waals surface area contributed by atoms with Crippen molar-refractivity contribution >= 4 is 5.97 Å². The summed E-state index contributed by atoms with van der Waals surface area (Å²) in [5.74, 6) is 0.183. The molecule has 0 aromatic carbocycles. The van der Waals surface area contributed by atoms with E-state index in [2.05, 4.69) is 13.0 Å². The van der Waals surface area contributed by atoms with Crippen LogP contribution in [0.1, 0.15) is 58.3 Å². The van der Waals surface area contributed by atoms with Gasteiger partial charge in [0.05, 0.1) is 0 Å². The van der Waals surface area contributed by atoms with Crippen molar-refractivity contribution in [1.29, 1.82) is 0 Å². The third-order valence-corrected chi connectivity index (χ3v) is 3.24. The molecule has 0 unspecified atom stereocenters. The summed E-state index contributed by atoms with van der Waals surface area (Å²) in [5, 5.41) is 8.59. The van der Waals surface area contributed by atoms with Crippen molar-refractivity contribution in [3.8, 4) is 0 Å². The van der Waals surface area contributed by atoms with Crippen LogP contribution in [-0.4, -0.2) is 11.1 Å². The highest BCUT2D eigenvalue weighted by Crippen LogP contribution is 2.29. The molecule has 0 saturated heterocycles. The molecule has 0 spiro atoms. The minimum atomic E-state index is -0.677. The van der Waals surface area contributed by atoms with E-state index in [0.717, 1.165) is 18.8 Å². The summed E-state index contributed by atoms with van der Waals surface area (Å²) in [5.41, 5.74) is 1.37. The molecule has 0 saturated carbocycles. The summed E-state index contributed by atoms with van der Waals surface area (Å²) in [6, 6.07) is 0. The maximum absolute atomic E-state index is 10.4. The molecule has 15 heavy (non-hydrogen) atoms. The first-order valence-corrected chi connectivity index (χ1v) is 6.12. The van der Waals surface area contributed by atoms with Crippen LogP contribution in [0.25, 0.3) is 0 Å². The topological polar surface area (TPSA) is 37.3 Å². The van der Waals surface area contributed by atoms with Crippen LogP contribution in [0.3, 0.4) is 0 Å². The van der Waals surface area contributed by atoms with Gasteiger partial charge in [0.2, 0.25) is 0 Å². The van der Waals surface area contributed by atoms with Gasteiger partial charge in [-0.3, -0.25) is 4.79 Å². The van der Waals surface area contributed by atoms with Gasteiger partial charge in [-0.15, -0.1) is 0 Å². The van der Waals surface area contributed by atoms with E-state index >= 15 is 0 Å². The third-order valence-electron chi connectivity index (χ3n) is 3.24. The first-order chi connectivity index (χ1) is 7.22. The van der Waals surface area contributed by atoms with Gasteiger partial charge in [0.15, 0.2) is 0 Å². The lowest BCUT2D eigenvalue weighted by Crippen LogP contribution is -2.06. The molecule has 1 rings (SSSR count). The number of carboxylic acids is 1. The van der Waals surface area contributed by atoms with Crippen LogP contribution in [0.2, 0.25) is 0 Å². The van der Waals surface area contributed by atoms with Gasteiger partial charge < -0.3 is 5.11 Å². The Balaban J connectivity index is 2.22. The van der Waals surface area contributed by atoms with Crippen molar-refractivity contribution in [3.05, 3.63) is 11.6 Å². The highest BCUT2D eigenvalue weighted by Gasteiger charge is 2.14. The Bertz CT molecular complexity index is 231. The van der Waals surface area contributed by atoms with Gasteiger partial charge in [-0.1, -0.05) is 37.8 Å². The van der Waals surface area contributed by atoms with Crippen LogP contribution in [0.15, 0.2) is 11.6 Å². The maximum Gasteiger partial charge on any atom is 0.303 e. The summed E-state index contributed by atoms with van der Waals surface area (Å²) in [6.07, 6.45) is 10.9. The van der Waals surface area contributed by atoms with Crippen LogP contribution in [-0.2, 0) is 4.79 Å². The largest absolute Gasteiger partial charge is 0.481 e. The van der Waals surface area contributed by atoms with Crippen molar-refractivity contribution in [2.45, 2.75) is 58.3 Å². The second kappa shape index (κ2) is 6.65. The summed E-state index contributed by atoms with van der Waals surface area (Å²) >= 11 is 0. The first kappa shape index (κ1) is 12.3. The number of unbranched alkanes of at least 4 members (excludes halogenated alkanes) is 1. The molecule has 0 bridgehead atoms. The SMILES string of the molecule is CCCC[C@@H]1CC=C(CCC(=O)O)CC1. The molecule has 1 aliphatic rings. The van der Waals surface area contributed by atoms with E-state index in [0.29, 0.717) is 6.42 Å². The van der Waals surface area contributed by atoms with Gasteiger partial charge in [0.1, 0.15) is 0 Å². The molecule has 0 radical (unpaired) electrons. The lowest BCUT2D eigenvalue weighted by Gasteiger charge is -2.21. The summed E-state index contributed by atoms with van der Waals surface area (Å²) in [6.45, 7) is 2.23. The monoisotopic (exact) mass is 210 g/mol. The van der Waals surface area contributed by atoms with E-state index in [-0.39, 0.29) is 0 Å². The van der Waals surface area contributed by atoms with Crippen molar-refractivity contribution in [2.75, 3.05) is 0 Å². The average Bonchev–Trinajstić information content (AvgIpc) is 2.25. The van der Waals surface area contributed by atoms with E-state index < -0.39 is 5.97 Å². The molecule has 2 nitrogen and oxygen atoms in total. The van der Waals surface area contributed by atoms with Gasteiger partial charge in [0.25, 0.3) is 0 Å². The Morgan fingerprint density at radius 3 is 2.93 bits per heavy atom. The number of allylic oxidation sites excluding steroid dienone is 2. The van der Waals surface area contributed by atoms with Gasteiger partial charge in [-0.2, -0.15) is 0 Å². The quantitative estimate of drug-likeness (QED) is 0.678. The molecule has 1 aliphatic carbocycles. The van der Waals surface area contributed by atoms with Crippen LogP contribution in [0.4, 0.5) is 0 Å². The Morgan fingerprint density at radius 2 is 2.40 bits per heavy atom. The second-order valence-electron chi connectivity index (χ2n) is 4.54. The van der Waals surface area contributed by atoms with Crippen LogP contribution >= 0.6 is 0 Å². The standard InChI is InChI=1S/C13H22O2/c1-2-3-4-11-5-7-12(8-6-11)9-10-13(14)15/h7,11H,2-6,8-10H2,1H3,(H,14,15)/t11-/m1/s1. The number of carbonyl (C=O) groups is 1. The van der Waals surface area contributed by atoms with Gasteiger partial charge in [0, 0.05) is 6.42 Å². The van der Waals surface area contributed by atoms with Crippen molar-refractivity contribution in [1.82, 2.24) is 0 Å². The summed E-state index contributed by atoms with van der Waals surface area (Å²) < 4.78 is 0. The van der Waals surface area contributed by atoms with E-state index in [4.69, 9.17) is 5.11 Å². The van der Waals surface area contributed by atoms with E-state index in [9.17, 15) is 4.79 Å². The molecule has 0 heterocycles. The molecular weight excluding hydrogens is 188 g/mol. The lowest BCUT2D eigenvalue weighted by molar-refractivity contribution is -0.136. The molecule has 0 aliphatic heterocycles. The highest BCUT2D eigenvalue weighted by molar-refractivity contribution is 5.67. The fourth-order valence-corrected chi connectivity index (χ4v) is 2.19. The summed E-state index contributed by atoms with van der Waals surface area (Å²) in [4.78, 5) is 10.4. The summed E-state index contributed by atoms with van der Waals surface area (Å²) in [7, 11) is 0. The third kappa shape index (κ3) is 5.01. The number of hydrogen-bond acceptors (Lipinski definition) is 1. The molecule has 0 amide bonds. The van der Waals surface area contributed by atoms with E-state index in [1.54, 1.807) is 0 Å². The average molecular weight is 210 g/mol. The predicted octanol–water partition coefficient (Wildman–Crippen LogP) is 3.77. The Labute approximate surface area is 92.4 Å². The molecule has 0 fully saturated rings. The molecule has 2 heteroatoms. The maximum atomic E-state index is 10.4. The molecule has 86 valence electrons. The molecular formula is C13H22O2. The van der Waals surface area contributed by atoms with Gasteiger partial charge >= 0.3 is 5.97 Å². The number of carboxylic acid groups (broad SMARTS) is 1. The zero-order valence-corrected chi connectivity index (χ0v) is 9.67. The van der Waals surface area contributed by atoms with Crippen LogP contribution in [0, 0.1) is 5.92 Å². The smallest absolute Gasteiger partial charge is 0.303 e. The normalized spacial score (nSPS) is 21.1. The van der Waals surface area contributed by atoms with Gasteiger partial charge in [-0.25, -0.2) is 0 Å². The van der Waals surface area contributed by atoms with Crippen LogP contribution < -0.4 is 0 Å². The van der Waals surface area contributed by atoms with Crippen molar-refractivity contribution in [3.63, 3.8) is 0 Å². The Morgan fingerprint density at radius 1 is 1.60 bits per heavy atom. The molecule has 1 N–H and O–H groups in total. The van der Waals surface area contributed by atoms with Crippen molar-refractivity contribution in [2.24, 2.45) is 5.92 Å². The Hall–Kier alpha value is -0.790. The predicted molar refractivity (Wildman–Crippen MR) is 61.8 cm³/mol. The molecule has 0 aromatic rings. The fourth-order valence-electron chi connectivity index (χ4n) is 2.19. The number of aliphatic carboxylic acids is 1. The highest BCUT2D eigenvalue weighted by atomic mass is 16.4. The zero-order chi connectivity index (χ0) is 11.1. The molecule has 1 atom stereocenters. The fraction of sp³-hybridized carbons (Fsp3) is 0.769. The lowest BCUT2D eigenvalue weighted by atomic mass is 9.85. The van der Waals surface area contributed by atoms with E-state index in [1.807, 2.05) is 0 Å². The molecule has 0 aromatic heterocycles. The minimum absolute atomic E-state index is 0.297. The minimum Gasteiger partial charge on any atom is -0.481 e. The first-order valence-electron chi connectivity index (χ1n) is 6.12. The Kier molecular flexibility index (Phi) is 5.44. The van der Waals surface area contributed by atoms with E-state index in [1.165, 1.54) is 37.7 Å². The number of rotatable bonds is 6. The van der Waals surface area contributed by atoms with Crippen LogP contribution in [0.5, 0.6) is 0 Å². The number of hydrogen-bond donors (Lipinski definition) is 1. The second-order valence-corrected chi connectivity index (χ2v) is 4.54. The van der Waals surface area contributed by atoms with Gasteiger partial charge in [-0.05, 0) is 31.6 Å². The van der Waals surface area contributed by atoms with Crippen molar-refractivity contribution < 1.29 is 9.90 Å². The zero-order valence-electron chi connectivity index (χ0n) is 9.67.